The van der Waals surface area contributed by atoms with Gasteiger partial charge in [-0.15, -0.1) is 0 Å². The first kappa shape index (κ1) is 26.7. The first-order valence-electron chi connectivity index (χ1n) is 13.6. The number of morpholine rings is 1. The molecule has 2 amide bonds. The summed E-state index contributed by atoms with van der Waals surface area (Å²) >= 11 is 0. The summed E-state index contributed by atoms with van der Waals surface area (Å²) in [5.74, 6) is -0.487. The molecule has 5 heterocycles. The number of amides is 2. The minimum atomic E-state index is -0.650. The van der Waals surface area contributed by atoms with Crippen LogP contribution in [0.3, 0.4) is 0 Å². The molecule has 212 valence electrons. The van der Waals surface area contributed by atoms with Gasteiger partial charge < -0.3 is 24.3 Å². The van der Waals surface area contributed by atoms with Crippen molar-refractivity contribution < 1.29 is 23.9 Å². The van der Waals surface area contributed by atoms with E-state index in [0.717, 1.165) is 18.8 Å². The second-order valence-corrected chi connectivity index (χ2v) is 10.0. The number of piperazine rings is 1. The van der Waals surface area contributed by atoms with E-state index in [1.165, 1.54) is 24.4 Å². The molecule has 2 aliphatic heterocycles. The maximum absolute atomic E-state index is 13.5. The largest absolute Gasteiger partial charge is 0.494 e. The molecule has 2 aliphatic rings. The van der Waals surface area contributed by atoms with Gasteiger partial charge in [-0.05, 0) is 18.2 Å². The molecule has 0 bridgehead atoms. The van der Waals surface area contributed by atoms with E-state index < -0.39 is 11.7 Å². The van der Waals surface area contributed by atoms with Crippen LogP contribution in [-0.4, -0.2) is 112 Å². The van der Waals surface area contributed by atoms with Crippen LogP contribution in [0, 0.1) is 0 Å². The molecule has 4 aromatic rings. The number of carbonyl (C=O) groups excluding carboxylic acids is 3. The van der Waals surface area contributed by atoms with Crippen LogP contribution in [0.15, 0.2) is 55.0 Å². The number of aromatic nitrogens is 4. The topological polar surface area (TPSA) is 126 Å². The van der Waals surface area contributed by atoms with E-state index in [9.17, 15) is 14.4 Å². The molecule has 0 radical (unpaired) electrons. The molecule has 0 saturated carbocycles. The molecule has 0 atom stereocenters. The molecule has 12 heteroatoms. The fourth-order valence-electron chi connectivity index (χ4n) is 5.30. The highest BCUT2D eigenvalue weighted by atomic mass is 16.5. The zero-order valence-electron chi connectivity index (χ0n) is 22.8. The molecular weight excluding hydrogens is 526 g/mol. The Morgan fingerprint density at radius 3 is 2.44 bits per heavy atom. The van der Waals surface area contributed by atoms with Gasteiger partial charge >= 0.3 is 0 Å². The van der Waals surface area contributed by atoms with Crippen LogP contribution in [0.25, 0.3) is 16.7 Å². The van der Waals surface area contributed by atoms with Crippen molar-refractivity contribution in [3.63, 3.8) is 0 Å². The third-order valence-corrected chi connectivity index (χ3v) is 7.54. The van der Waals surface area contributed by atoms with Crippen molar-refractivity contribution in [1.29, 1.82) is 0 Å². The van der Waals surface area contributed by atoms with E-state index >= 15 is 0 Å². The monoisotopic (exact) mass is 557 g/mol. The van der Waals surface area contributed by atoms with Crippen LogP contribution in [0.4, 0.5) is 0 Å². The quantitative estimate of drug-likeness (QED) is 0.269. The number of nitrogens with zero attached hydrogens (tertiary/aromatic N) is 6. The van der Waals surface area contributed by atoms with Crippen molar-refractivity contribution in [3.05, 3.63) is 71.8 Å². The average Bonchev–Trinajstić information content (AvgIpc) is 3.68. The number of pyridine rings is 1. The van der Waals surface area contributed by atoms with Crippen molar-refractivity contribution in [3.8, 4) is 11.6 Å². The van der Waals surface area contributed by atoms with Crippen LogP contribution < -0.4 is 4.74 Å². The lowest BCUT2D eigenvalue weighted by Gasteiger charge is -2.34. The van der Waals surface area contributed by atoms with E-state index in [4.69, 9.17) is 14.6 Å². The Kier molecular flexibility index (Phi) is 7.49. The maximum Gasteiger partial charge on any atom is 0.295 e. The van der Waals surface area contributed by atoms with E-state index in [2.05, 4.69) is 14.9 Å². The van der Waals surface area contributed by atoms with Crippen LogP contribution in [0.5, 0.6) is 5.75 Å². The summed E-state index contributed by atoms with van der Waals surface area (Å²) in [6.45, 7) is 5.07. The second kappa shape index (κ2) is 11.5. The summed E-state index contributed by atoms with van der Waals surface area (Å²) in [5.41, 5.74) is 2.23. The summed E-state index contributed by atoms with van der Waals surface area (Å²) in [6, 6.07) is 11.0. The van der Waals surface area contributed by atoms with Gasteiger partial charge in [0.05, 0.1) is 48.7 Å². The average molecular weight is 558 g/mol. The molecule has 12 nitrogen and oxygen atoms in total. The number of carbonyl (C=O) groups is 3. The van der Waals surface area contributed by atoms with Crippen LogP contribution >= 0.6 is 0 Å². The highest BCUT2D eigenvalue weighted by molar-refractivity contribution is 6.45. The second-order valence-electron chi connectivity index (χ2n) is 10.0. The zero-order valence-corrected chi connectivity index (χ0v) is 22.8. The number of ether oxygens (including phenoxy) is 2. The Labute approximate surface area is 236 Å². The van der Waals surface area contributed by atoms with Crippen molar-refractivity contribution in [2.45, 2.75) is 6.54 Å². The van der Waals surface area contributed by atoms with Crippen LogP contribution in [-0.2, 0) is 16.1 Å². The Hall–Kier alpha value is -4.55. The van der Waals surface area contributed by atoms with Gasteiger partial charge in [0.2, 0.25) is 0 Å². The van der Waals surface area contributed by atoms with E-state index in [0.29, 0.717) is 60.9 Å². The molecule has 1 N–H and O–H groups in total. The Morgan fingerprint density at radius 1 is 0.976 bits per heavy atom. The molecule has 0 spiro atoms. The number of benzene rings is 1. The lowest BCUT2D eigenvalue weighted by Crippen LogP contribution is -2.52. The van der Waals surface area contributed by atoms with Crippen LogP contribution in [0.1, 0.15) is 26.4 Å². The van der Waals surface area contributed by atoms with Gasteiger partial charge in [0.15, 0.2) is 5.82 Å². The third kappa shape index (κ3) is 5.31. The fraction of sp³-hybridized carbons (Fsp3) is 0.345. The lowest BCUT2D eigenvalue weighted by atomic mass is 10.1. The van der Waals surface area contributed by atoms with E-state index in [1.54, 1.807) is 21.7 Å². The summed E-state index contributed by atoms with van der Waals surface area (Å²) in [6.07, 6.45) is 4.88. The number of Topliss-reactive ketones (excluding diaryl/α,β-unsaturated/α-hetero) is 1. The number of rotatable bonds is 7. The van der Waals surface area contributed by atoms with Gasteiger partial charge in [0.1, 0.15) is 5.75 Å². The maximum atomic E-state index is 13.5. The summed E-state index contributed by atoms with van der Waals surface area (Å²) in [7, 11) is 1.50. The standard InChI is InChI=1S/C29H31N7O5/c1-40-23-18-31-27(36-8-7-21(32-36)19-33-13-15-41-16-14-33)25-24(23)22(17-30-25)26(37)29(39)35-11-9-34(10-12-35)28(38)20-5-3-2-4-6-20/h2-8,17-18,30H,9-16,19H2,1H3. The van der Waals surface area contributed by atoms with Crippen molar-refractivity contribution in [1.82, 2.24) is 34.4 Å². The summed E-state index contributed by atoms with van der Waals surface area (Å²) < 4.78 is 12.6. The molecule has 2 fully saturated rings. The first-order valence-corrected chi connectivity index (χ1v) is 13.6. The van der Waals surface area contributed by atoms with E-state index in [1.807, 2.05) is 30.5 Å². The van der Waals surface area contributed by atoms with Gasteiger partial charge in [-0.2, -0.15) is 5.10 Å². The minimum Gasteiger partial charge on any atom is -0.494 e. The number of ketones is 1. The molecule has 41 heavy (non-hydrogen) atoms. The van der Waals surface area contributed by atoms with Gasteiger partial charge in [0, 0.05) is 63.8 Å². The Bertz CT molecular complexity index is 1570. The predicted octanol–water partition coefficient (Wildman–Crippen LogP) is 1.76. The number of hydrogen-bond donors (Lipinski definition) is 1. The van der Waals surface area contributed by atoms with E-state index in [-0.39, 0.29) is 24.6 Å². The highest BCUT2D eigenvalue weighted by Gasteiger charge is 2.31. The zero-order chi connectivity index (χ0) is 28.3. The minimum absolute atomic E-state index is 0.0860. The van der Waals surface area contributed by atoms with Crippen molar-refractivity contribution >= 4 is 28.5 Å². The number of fused-ring (bicyclic) bond motifs is 1. The fourth-order valence-corrected chi connectivity index (χ4v) is 5.30. The number of hydrogen-bond acceptors (Lipinski definition) is 8. The number of methoxy groups -OCH3 is 1. The first-order chi connectivity index (χ1) is 20.0. The smallest absolute Gasteiger partial charge is 0.295 e. The summed E-state index contributed by atoms with van der Waals surface area (Å²) in [5, 5.41) is 5.18. The molecule has 2 saturated heterocycles. The van der Waals surface area contributed by atoms with Gasteiger partial charge in [0.25, 0.3) is 17.6 Å². The normalized spacial score (nSPS) is 16.2. The molecule has 6 rings (SSSR count). The van der Waals surface area contributed by atoms with Gasteiger partial charge in [-0.3, -0.25) is 19.3 Å². The molecule has 0 unspecified atom stereocenters. The number of aromatic amines is 1. The van der Waals surface area contributed by atoms with Gasteiger partial charge in [-0.25, -0.2) is 9.67 Å². The molecule has 1 aromatic carbocycles. The predicted molar refractivity (Wildman–Crippen MR) is 149 cm³/mol. The Balaban J connectivity index is 1.19. The third-order valence-electron chi connectivity index (χ3n) is 7.54. The number of H-pyrrole nitrogens is 1. The SMILES string of the molecule is COc1cnc(-n2ccc(CN3CCOCC3)n2)c2[nH]cc(C(=O)C(=O)N3CCN(C(=O)c4ccccc4)CC3)c12. The molecule has 3 aromatic heterocycles. The van der Waals surface area contributed by atoms with Crippen molar-refractivity contribution in [2.75, 3.05) is 59.6 Å². The Morgan fingerprint density at radius 2 is 1.71 bits per heavy atom. The van der Waals surface area contributed by atoms with Crippen LogP contribution in [0.2, 0.25) is 0 Å². The highest BCUT2D eigenvalue weighted by Crippen LogP contribution is 2.32. The molecule has 0 aliphatic carbocycles. The summed E-state index contributed by atoms with van der Waals surface area (Å²) in [4.78, 5) is 52.7. The van der Waals surface area contributed by atoms with Gasteiger partial charge in [-0.1, -0.05) is 18.2 Å². The molecular formula is C29H31N7O5. The number of nitrogens with one attached hydrogen (secondary N) is 1. The van der Waals surface area contributed by atoms with Crippen molar-refractivity contribution in [2.24, 2.45) is 0 Å². The lowest BCUT2D eigenvalue weighted by molar-refractivity contribution is -0.127.